The molecule has 9 heteroatoms. The van der Waals surface area contributed by atoms with E-state index >= 15 is 0 Å². The van der Waals surface area contributed by atoms with Gasteiger partial charge in [-0.3, -0.25) is 14.4 Å². The first-order valence-corrected chi connectivity index (χ1v) is 11.3. The lowest BCUT2D eigenvalue weighted by molar-refractivity contribution is -0.133. The summed E-state index contributed by atoms with van der Waals surface area (Å²) >= 11 is 0. The Morgan fingerprint density at radius 3 is 2.59 bits per heavy atom. The van der Waals surface area contributed by atoms with Crippen LogP contribution in [-0.2, 0) is 24.4 Å². The lowest BCUT2D eigenvalue weighted by atomic mass is 9.93. The highest BCUT2D eigenvalue weighted by Crippen LogP contribution is 2.29. The van der Waals surface area contributed by atoms with Crippen LogP contribution >= 0.6 is 0 Å². The van der Waals surface area contributed by atoms with Gasteiger partial charge in [-0.25, -0.2) is 4.98 Å². The Morgan fingerprint density at radius 2 is 1.91 bits per heavy atom. The van der Waals surface area contributed by atoms with E-state index in [2.05, 4.69) is 15.6 Å². The maximum absolute atomic E-state index is 13.5. The van der Waals surface area contributed by atoms with Gasteiger partial charge in [-0.2, -0.15) is 0 Å². The van der Waals surface area contributed by atoms with Crippen LogP contribution in [0.15, 0.2) is 53.4 Å². The molecule has 178 valence electrons. The SMILES string of the molecule is CCCN1C(=O)c2c(C(=O)NCc3ccco3)ncn2CC1(C)C(=O)NCc1ccc(C)cc1. The van der Waals surface area contributed by atoms with Crippen molar-refractivity contribution in [3.8, 4) is 0 Å². The largest absolute Gasteiger partial charge is 0.467 e. The summed E-state index contributed by atoms with van der Waals surface area (Å²) in [7, 11) is 0. The summed E-state index contributed by atoms with van der Waals surface area (Å²) in [4.78, 5) is 45.4. The third-order valence-corrected chi connectivity index (χ3v) is 6.09. The predicted octanol–water partition coefficient (Wildman–Crippen LogP) is 2.66. The zero-order valence-electron chi connectivity index (χ0n) is 19.6. The standard InChI is InChI=1S/C25H29N5O4/c1-4-11-30-23(32)21-20(22(31)26-14-19-6-5-12-34-19)28-16-29(21)15-25(30,3)24(33)27-13-18-9-7-17(2)8-10-18/h5-10,12,16H,4,11,13-15H2,1-3H3,(H,26,31)(H,27,33). The van der Waals surface area contributed by atoms with Crippen molar-refractivity contribution < 1.29 is 18.8 Å². The van der Waals surface area contributed by atoms with Crippen molar-refractivity contribution in [2.24, 2.45) is 0 Å². The molecule has 0 radical (unpaired) electrons. The first-order chi connectivity index (χ1) is 16.3. The second kappa shape index (κ2) is 9.54. The number of carbonyl (C=O) groups excluding carboxylic acids is 3. The Bertz CT molecular complexity index is 1180. The van der Waals surface area contributed by atoms with Gasteiger partial charge in [0.15, 0.2) is 5.69 Å². The molecular weight excluding hydrogens is 434 g/mol. The van der Waals surface area contributed by atoms with Crippen LogP contribution in [0.4, 0.5) is 0 Å². The molecule has 4 rings (SSSR count). The fraction of sp³-hybridized carbons (Fsp3) is 0.360. The van der Waals surface area contributed by atoms with E-state index in [-0.39, 0.29) is 36.3 Å². The Hall–Kier alpha value is -3.88. The van der Waals surface area contributed by atoms with E-state index in [0.29, 0.717) is 25.3 Å². The molecule has 1 unspecified atom stereocenters. The third-order valence-electron chi connectivity index (χ3n) is 6.09. The van der Waals surface area contributed by atoms with Gasteiger partial charge in [0.2, 0.25) is 5.91 Å². The fourth-order valence-corrected chi connectivity index (χ4v) is 4.17. The predicted molar refractivity (Wildman–Crippen MR) is 125 cm³/mol. The number of nitrogens with one attached hydrogen (secondary N) is 2. The molecule has 1 aromatic carbocycles. The number of fused-ring (bicyclic) bond motifs is 1. The molecule has 0 fully saturated rings. The van der Waals surface area contributed by atoms with Crippen LogP contribution in [0.1, 0.15) is 58.1 Å². The average molecular weight is 464 g/mol. The molecule has 0 aliphatic carbocycles. The summed E-state index contributed by atoms with van der Waals surface area (Å²) in [5, 5.41) is 5.71. The topological polar surface area (TPSA) is 109 Å². The van der Waals surface area contributed by atoms with Crippen LogP contribution in [0, 0.1) is 6.92 Å². The van der Waals surface area contributed by atoms with E-state index < -0.39 is 11.4 Å². The zero-order valence-corrected chi connectivity index (χ0v) is 19.6. The maximum Gasteiger partial charge on any atom is 0.273 e. The van der Waals surface area contributed by atoms with Gasteiger partial charge in [-0.05, 0) is 38.0 Å². The molecule has 3 amide bonds. The normalized spacial score (nSPS) is 17.4. The number of imidazole rings is 1. The highest BCUT2D eigenvalue weighted by Gasteiger charge is 2.48. The van der Waals surface area contributed by atoms with Crippen molar-refractivity contribution in [3.05, 3.63) is 77.3 Å². The Kier molecular flexibility index (Phi) is 6.54. The number of hydrogen-bond acceptors (Lipinski definition) is 5. The number of nitrogens with zero attached hydrogens (tertiary/aromatic N) is 3. The minimum atomic E-state index is -1.12. The van der Waals surface area contributed by atoms with Crippen LogP contribution in [-0.4, -0.2) is 44.3 Å². The minimum Gasteiger partial charge on any atom is -0.467 e. The number of aromatic nitrogens is 2. The number of rotatable bonds is 8. The lowest BCUT2D eigenvalue weighted by Gasteiger charge is -2.43. The monoisotopic (exact) mass is 463 g/mol. The summed E-state index contributed by atoms with van der Waals surface area (Å²) in [5.74, 6) is -0.514. The van der Waals surface area contributed by atoms with E-state index in [0.717, 1.165) is 11.1 Å². The molecule has 2 N–H and O–H groups in total. The molecule has 0 bridgehead atoms. The summed E-state index contributed by atoms with van der Waals surface area (Å²) in [6.07, 6.45) is 3.64. The second-order valence-electron chi connectivity index (χ2n) is 8.73. The van der Waals surface area contributed by atoms with Crippen molar-refractivity contribution >= 4 is 17.7 Å². The quantitative estimate of drug-likeness (QED) is 0.534. The molecule has 0 spiro atoms. The van der Waals surface area contributed by atoms with Crippen LogP contribution in [0.2, 0.25) is 0 Å². The summed E-state index contributed by atoms with van der Waals surface area (Å²) < 4.78 is 6.84. The summed E-state index contributed by atoms with van der Waals surface area (Å²) in [5.41, 5.74) is 1.23. The van der Waals surface area contributed by atoms with Crippen molar-refractivity contribution in [2.75, 3.05) is 6.54 Å². The van der Waals surface area contributed by atoms with E-state index in [1.165, 1.54) is 12.6 Å². The molecule has 1 atom stereocenters. The number of amides is 3. The van der Waals surface area contributed by atoms with Crippen LogP contribution < -0.4 is 10.6 Å². The molecule has 3 aromatic rings. The number of aryl methyl sites for hydroxylation is 1. The van der Waals surface area contributed by atoms with Gasteiger partial charge < -0.3 is 24.5 Å². The summed E-state index contributed by atoms with van der Waals surface area (Å²) in [6.45, 7) is 6.84. The highest BCUT2D eigenvalue weighted by molar-refractivity contribution is 6.07. The van der Waals surface area contributed by atoms with E-state index in [9.17, 15) is 14.4 Å². The Morgan fingerprint density at radius 1 is 1.15 bits per heavy atom. The van der Waals surface area contributed by atoms with Crippen molar-refractivity contribution in [2.45, 2.75) is 52.4 Å². The minimum absolute atomic E-state index is 0.0415. The third kappa shape index (κ3) is 4.46. The van der Waals surface area contributed by atoms with Crippen molar-refractivity contribution in [1.82, 2.24) is 25.1 Å². The first-order valence-electron chi connectivity index (χ1n) is 11.3. The summed E-state index contributed by atoms with van der Waals surface area (Å²) in [6, 6.07) is 11.4. The number of benzene rings is 1. The van der Waals surface area contributed by atoms with Gasteiger partial charge in [-0.1, -0.05) is 36.8 Å². The number of carbonyl (C=O) groups is 3. The van der Waals surface area contributed by atoms with Crippen molar-refractivity contribution in [1.29, 1.82) is 0 Å². The van der Waals surface area contributed by atoms with Gasteiger partial charge >= 0.3 is 0 Å². The van der Waals surface area contributed by atoms with Gasteiger partial charge in [0, 0.05) is 13.1 Å². The maximum atomic E-state index is 13.5. The molecule has 2 aromatic heterocycles. The van der Waals surface area contributed by atoms with Gasteiger partial charge in [0.1, 0.15) is 17.0 Å². The molecular formula is C25H29N5O4. The molecule has 0 saturated heterocycles. The smallest absolute Gasteiger partial charge is 0.273 e. The molecule has 34 heavy (non-hydrogen) atoms. The highest BCUT2D eigenvalue weighted by atomic mass is 16.3. The number of hydrogen-bond donors (Lipinski definition) is 2. The molecule has 1 aliphatic rings. The zero-order chi connectivity index (χ0) is 24.3. The number of furan rings is 1. The van der Waals surface area contributed by atoms with Gasteiger partial charge in [0.25, 0.3) is 11.8 Å². The second-order valence-corrected chi connectivity index (χ2v) is 8.73. The van der Waals surface area contributed by atoms with Crippen molar-refractivity contribution in [3.63, 3.8) is 0 Å². The first kappa shape index (κ1) is 23.3. The molecule has 9 nitrogen and oxygen atoms in total. The van der Waals surface area contributed by atoms with E-state index in [1.54, 1.807) is 28.5 Å². The average Bonchev–Trinajstić information content (AvgIpc) is 3.49. The van der Waals surface area contributed by atoms with E-state index in [1.807, 2.05) is 38.1 Å². The van der Waals surface area contributed by atoms with Gasteiger partial charge in [-0.15, -0.1) is 0 Å². The molecule has 3 heterocycles. The lowest BCUT2D eigenvalue weighted by Crippen LogP contribution is -2.64. The fourth-order valence-electron chi connectivity index (χ4n) is 4.17. The molecule has 1 aliphatic heterocycles. The Balaban J connectivity index is 1.54. The van der Waals surface area contributed by atoms with Gasteiger partial charge in [0.05, 0.1) is 25.7 Å². The van der Waals surface area contributed by atoms with Crippen LogP contribution in [0.25, 0.3) is 0 Å². The Labute approximate surface area is 198 Å². The van der Waals surface area contributed by atoms with Crippen LogP contribution in [0.3, 0.4) is 0 Å². The van der Waals surface area contributed by atoms with Crippen LogP contribution in [0.5, 0.6) is 0 Å². The van der Waals surface area contributed by atoms with E-state index in [4.69, 9.17) is 4.42 Å². The molecule has 0 saturated carbocycles.